The lowest BCUT2D eigenvalue weighted by Gasteiger charge is -2.29. The molecule has 0 aliphatic heterocycles. The predicted octanol–water partition coefficient (Wildman–Crippen LogP) is 3.69. The van der Waals surface area contributed by atoms with Crippen LogP contribution < -0.4 is 16.7 Å². The Morgan fingerprint density at radius 3 is 2.30 bits per heavy atom. The topological polar surface area (TPSA) is 175 Å². The second kappa shape index (κ2) is 20.3. The highest BCUT2D eigenvalue weighted by atomic mass is 16.7. The van der Waals surface area contributed by atoms with Crippen LogP contribution in [0.15, 0.2) is 53.7 Å². The maximum Gasteiger partial charge on any atom is 0.412 e. The fraction of sp³-hybridized carbons (Fsp3) is 0.533. The number of nitrogens with one attached hydrogen (secondary N) is 3. The van der Waals surface area contributed by atoms with Crippen LogP contribution in [0.2, 0.25) is 0 Å². The number of hydrogen-bond acceptors (Lipinski definition) is 12. The van der Waals surface area contributed by atoms with E-state index < -0.39 is 17.8 Å². The predicted molar refractivity (Wildman–Crippen MR) is 167 cm³/mol. The van der Waals surface area contributed by atoms with E-state index in [0.717, 1.165) is 0 Å². The smallest absolute Gasteiger partial charge is 0.412 e. The van der Waals surface area contributed by atoms with Crippen LogP contribution >= 0.6 is 0 Å². The van der Waals surface area contributed by atoms with E-state index in [9.17, 15) is 4.79 Å². The lowest BCUT2D eigenvalue weighted by atomic mass is 9.90. The first-order chi connectivity index (χ1) is 21.2. The zero-order valence-electron chi connectivity index (χ0n) is 26.3. The Labute approximate surface area is 259 Å². The van der Waals surface area contributed by atoms with E-state index in [0.29, 0.717) is 57.3 Å². The van der Waals surface area contributed by atoms with Crippen LogP contribution in [0.5, 0.6) is 0 Å². The van der Waals surface area contributed by atoms with Gasteiger partial charge in [0.15, 0.2) is 24.4 Å². The quantitative estimate of drug-likeness (QED) is 0.0402. The van der Waals surface area contributed by atoms with Gasteiger partial charge in [-0.3, -0.25) is 21.6 Å². The number of pyridine rings is 1. The minimum absolute atomic E-state index is 0.00500. The summed E-state index contributed by atoms with van der Waals surface area (Å²) < 4.78 is 27.9. The van der Waals surface area contributed by atoms with Crippen LogP contribution in [0.4, 0.5) is 10.6 Å². The Balaban J connectivity index is 1.93. The normalized spacial score (nSPS) is 11.8. The summed E-state index contributed by atoms with van der Waals surface area (Å²) in [5.41, 5.74) is 3.39. The Kier molecular flexibility index (Phi) is 16.9. The number of amides is 1. The van der Waals surface area contributed by atoms with Crippen molar-refractivity contribution < 1.29 is 33.3 Å². The second-order valence-electron chi connectivity index (χ2n) is 10.3. The maximum atomic E-state index is 12.6. The molecule has 1 amide bonds. The number of oxime groups is 1. The van der Waals surface area contributed by atoms with E-state index in [4.69, 9.17) is 39.8 Å². The summed E-state index contributed by atoms with van der Waals surface area (Å²) in [6, 6.07) is 14.2. The largest absolute Gasteiger partial charge is 0.449 e. The lowest BCUT2D eigenvalue weighted by molar-refractivity contribution is -0.174. The zero-order valence-corrected chi connectivity index (χ0v) is 26.3. The van der Waals surface area contributed by atoms with Gasteiger partial charge in [-0.1, -0.05) is 55.4 Å². The third-order valence-electron chi connectivity index (χ3n) is 5.99. The van der Waals surface area contributed by atoms with Gasteiger partial charge in [0.2, 0.25) is 0 Å². The number of hydrogen-bond donors (Lipinski definition) is 4. The molecule has 0 aliphatic rings. The van der Waals surface area contributed by atoms with Crippen molar-refractivity contribution in [1.29, 1.82) is 5.41 Å². The summed E-state index contributed by atoms with van der Waals surface area (Å²) in [6.07, 6.45) is -0.662. The number of likely N-dealkylation sites (N-methyl/N-ethyl adjacent to an activating group) is 1. The molecule has 0 bridgehead atoms. The molecule has 2 rings (SSSR count). The first-order valence-corrected chi connectivity index (χ1v) is 14.5. The Morgan fingerprint density at radius 2 is 1.68 bits per heavy atom. The van der Waals surface area contributed by atoms with E-state index in [1.807, 2.05) is 58.0 Å². The van der Waals surface area contributed by atoms with Gasteiger partial charge in [-0.15, -0.1) is 0 Å². The summed E-state index contributed by atoms with van der Waals surface area (Å²) in [7, 11) is 1.59. The average molecular weight is 618 g/mol. The summed E-state index contributed by atoms with van der Waals surface area (Å²) in [6.45, 7) is 10.8. The van der Waals surface area contributed by atoms with Crippen molar-refractivity contribution in [2.24, 2.45) is 16.4 Å². The number of benzene rings is 1. The molecule has 14 nitrogen and oxygen atoms in total. The number of anilines is 1. The molecule has 0 aliphatic carbocycles. The van der Waals surface area contributed by atoms with Crippen LogP contribution in [0.25, 0.3) is 0 Å². The highest BCUT2D eigenvalue weighted by molar-refractivity contribution is 6.46. The molecule has 0 radical (unpaired) electrons. The maximum absolute atomic E-state index is 12.6. The molecule has 0 saturated carbocycles. The van der Waals surface area contributed by atoms with Gasteiger partial charge < -0.3 is 28.5 Å². The highest BCUT2D eigenvalue weighted by Crippen LogP contribution is 2.25. The number of carbonyl (C=O) groups is 1. The van der Waals surface area contributed by atoms with Crippen molar-refractivity contribution in [3.63, 3.8) is 0 Å². The fourth-order valence-corrected chi connectivity index (χ4v) is 3.69. The van der Waals surface area contributed by atoms with Gasteiger partial charge in [0, 0.05) is 37.7 Å². The van der Waals surface area contributed by atoms with E-state index in [2.05, 4.69) is 21.0 Å². The van der Waals surface area contributed by atoms with Crippen molar-refractivity contribution in [3.05, 3.63) is 59.8 Å². The molecule has 1 heterocycles. The molecule has 0 spiro atoms. The highest BCUT2D eigenvalue weighted by Gasteiger charge is 2.27. The Morgan fingerprint density at radius 1 is 1.02 bits per heavy atom. The number of ether oxygens (including phenoxy) is 5. The number of nitrogens with zero attached hydrogens (tertiary/aromatic N) is 3. The van der Waals surface area contributed by atoms with Crippen LogP contribution in [-0.2, 0) is 35.1 Å². The van der Waals surface area contributed by atoms with Gasteiger partial charge in [0.25, 0.3) is 0 Å². The molecule has 1 aromatic carbocycles. The number of nitrogens with two attached hydrogens (primary N) is 1. The van der Waals surface area contributed by atoms with Crippen LogP contribution in [0.3, 0.4) is 0 Å². The number of rotatable bonds is 21. The monoisotopic (exact) mass is 617 g/mol. The van der Waals surface area contributed by atoms with Crippen molar-refractivity contribution in [3.8, 4) is 0 Å². The van der Waals surface area contributed by atoms with E-state index in [1.54, 1.807) is 25.2 Å². The second-order valence-corrected chi connectivity index (χ2v) is 10.3. The molecule has 0 saturated heterocycles. The van der Waals surface area contributed by atoms with Gasteiger partial charge in [0.1, 0.15) is 5.82 Å². The first kappa shape index (κ1) is 36.5. The molecular formula is C30H47N7O7. The molecule has 0 fully saturated rings. The lowest BCUT2D eigenvalue weighted by Crippen LogP contribution is -2.46. The summed E-state index contributed by atoms with van der Waals surface area (Å²) in [4.78, 5) is 22.5. The minimum Gasteiger partial charge on any atom is -0.449 e. The fourth-order valence-electron chi connectivity index (χ4n) is 3.69. The van der Waals surface area contributed by atoms with E-state index >= 15 is 0 Å². The Hall–Kier alpha value is -3.66. The van der Waals surface area contributed by atoms with Crippen molar-refractivity contribution in [1.82, 2.24) is 15.5 Å². The summed E-state index contributed by atoms with van der Waals surface area (Å²) in [5, 5.41) is 16.5. The molecule has 0 unspecified atom stereocenters. The number of amidine groups is 1. The molecule has 44 heavy (non-hydrogen) atoms. The number of carbonyl (C=O) groups excluding carboxylic acids is 1. The Bertz CT molecular complexity index is 1140. The standard InChI is InChI=1S/C30H47N7O7/c1-6-39-16-18-41-26(42-19-17-40-7-2)20-30(3,4)22-43-29(38)34-25-15-11-14-24(33-25)21-44-35-27(28(31)37(5)36-32)23-12-9-8-10-13-23/h8-15,26,31,36H,6-7,16-22,32H2,1-5H3,(H,33,34,38)/b31-28?,35-27-. The van der Waals surface area contributed by atoms with E-state index in [-0.39, 0.29) is 30.6 Å². The number of hydrazine groups is 2. The zero-order chi connectivity index (χ0) is 32.2. The number of aromatic nitrogens is 1. The molecule has 0 atom stereocenters. The average Bonchev–Trinajstić information content (AvgIpc) is 3.02. The van der Waals surface area contributed by atoms with E-state index in [1.165, 1.54) is 5.01 Å². The first-order valence-electron chi connectivity index (χ1n) is 14.5. The van der Waals surface area contributed by atoms with Crippen molar-refractivity contribution >= 4 is 23.5 Å². The van der Waals surface area contributed by atoms with Crippen LogP contribution in [0, 0.1) is 10.8 Å². The molecular weight excluding hydrogens is 570 g/mol. The SMILES string of the molecule is CCOCCOC(CC(C)(C)COC(=O)Nc1cccc(CO/N=C(\C(=N)N(C)NN)c2ccccc2)n1)OCCOCC. The third kappa shape index (κ3) is 14.2. The van der Waals surface area contributed by atoms with Gasteiger partial charge in [-0.05, 0) is 26.0 Å². The molecule has 1 aromatic heterocycles. The van der Waals surface area contributed by atoms with Gasteiger partial charge in [0.05, 0.1) is 38.7 Å². The molecule has 14 heteroatoms. The molecule has 5 N–H and O–H groups in total. The summed E-state index contributed by atoms with van der Waals surface area (Å²) in [5.74, 6) is 5.75. The summed E-state index contributed by atoms with van der Waals surface area (Å²) >= 11 is 0. The van der Waals surface area contributed by atoms with Gasteiger partial charge >= 0.3 is 6.09 Å². The molecule has 2 aromatic rings. The van der Waals surface area contributed by atoms with Crippen LogP contribution in [-0.4, -0.2) is 87.2 Å². The van der Waals surface area contributed by atoms with Gasteiger partial charge in [-0.25, -0.2) is 9.78 Å². The minimum atomic E-state index is -0.648. The van der Waals surface area contributed by atoms with Crippen molar-refractivity contribution in [2.45, 2.75) is 47.0 Å². The van der Waals surface area contributed by atoms with Crippen molar-refractivity contribution in [2.75, 3.05) is 58.6 Å². The van der Waals surface area contributed by atoms with Crippen LogP contribution in [0.1, 0.15) is 45.4 Å². The molecule has 244 valence electrons. The third-order valence-corrected chi connectivity index (χ3v) is 5.99. The van der Waals surface area contributed by atoms with Gasteiger partial charge in [-0.2, -0.15) is 5.53 Å².